The Labute approximate surface area is 238 Å². The molecule has 5 heterocycles. The second kappa shape index (κ2) is 11.3. The lowest BCUT2D eigenvalue weighted by Gasteiger charge is -2.11. The van der Waals surface area contributed by atoms with Crippen LogP contribution < -0.4 is 10.9 Å². The van der Waals surface area contributed by atoms with Crippen molar-refractivity contribution in [2.45, 2.75) is 19.5 Å². The molecule has 40 heavy (non-hydrogen) atoms. The Hall–Kier alpha value is -4.60. The second-order valence-electron chi connectivity index (χ2n) is 9.04. The van der Waals surface area contributed by atoms with Crippen LogP contribution in [-0.4, -0.2) is 20.3 Å². The molecule has 0 saturated heterocycles. The first-order valence-corrected chi connectivity index (χ1v) is 13.7. The molecule has 0 aliphatic rings. The number of nitrogens with zero attached hydrogens (tertiary/aromatic N) is 3. The second-order valence-corrected chi connectivity index (χ2v) is 10.8. The quantitative estimate of drug-likeness (QED) is 0.205. The summed E-state index contributed by atoms with van der Waals surface area (Å²) in [6.45, 7) is 0.845. The Morgan fingerprint density at radius 2 is 1.88 bits per heavy atom. The Morgan fingerprint density at radius 3 is 2.60 bits per heavy atom. The maximum atomic E-state index is 13.8. The monoisotopic (exact) mass is 570 g/mol. The Morgan fingerprint density at radius 1 is 1.00 bits per heavy atom. The molecule has 0 saturated carbocycles. The van der Waals surface area contributed by atoms with E-state index < -0.39 is 0 Å². The number of pyridine rings is 1. The van der Waals surface area contributed by atoms with E-state index in [1.54, 1.807) is 23.0 Å². The van der Waals surface area contributed by atoms with Crippen molar-refractivity contribution in [1.29, 1.82) is 0 Å². The molecule has 0 spiro atoms. The summed E-state index contributed by atoms with van der Waals surface area (Å²) in [4.78, 5) is 28.1. The van der Waals surface area contributed by atoms with E-state index >= 15 is 0 Å². The highest BCUT2D eigenvalue weighted by Crippen LogP contribution is 2.27. The molecule has 1 aromatic carbocycles. The van der Waals surface area contributed by atoms with Crippen molar-refractivity contribution < 1.29 is 13.6 Å². The summed E-state index contributed by atoms with van der Waals surface area (Å²) in [6, 6.07) is 22.4. The van der Waals surface area contributed by atoms with Crippen molar-refractivity contribution in [3.05, 3.63) is 129 Å². The number of rotatable bonds is 9. The SMILES string of the molecule is O=C(c1ccoc1)n1nc(-c2cc(-c3ccccc3)cn(CCc3ccco3)c2=O)cc1NCc1ccc(Cl)s1. The van der Waals surface area contributed by atoms with E-state index in [1.165, 1.54) is 28.5 Å². The number of hydrogen-bond acceptors (Lipinski definition) is 7. The van der Waals surface area contributed by atoms with Gasteiger partial charge in [0.05, 0.1) is 34.5 Å². The molecule has 0 aliphatic heterocycles. The minimum absolute atomic E-state index is 0.219. The van der Waals surface area contributed by atoms with Gasteiger partial charge >= 0.3 is 0 Å². The fourth-order valence-electron chi connectivity index (χ4n) is 4.39. The molecule has 8 nitrogen and oxygen atoms in total. The van der Waals surface area contributed by atoms with Gasteiger partial charge in [0.2, 0.25) is 0 Å². The zero-order valence-corrected chi connectivity index (χ0v) is 22.7. The summed E-state index contributed by atoms with van der Waals surface area (Å²) in [5, 5.41) is 7.89. The van der Waals surface area contributed by atoms with Crippen LogP contribution in [0.3, 0.4) is 0 Å². The van der Waals surface area contributed by atoms with Crippen LogP contribution >= 0.6 is 22.9 Å². The fraction of sp³-hybridized carbons (Fsp3) is 0.100. The zero-order chi connectivity index (χ0) is 27.5. The first-order valence-electron chi connectivity index (χ1n) is 12.5. The lowest BCUT2D eigenvalue weighted by molar-refractivity contribution is 0.0947. The molecule has 5 aromatic heterocycles. The molecule has 1 N–H and O–H groups in total. The smallest absolute Gasteiger partial charge is 0.283 e. The number of carbonyl (C=O) groups is 1. The molecule has 200 valence electrons. The van der Waals surface area contributed by atoms with E-state index in [2.05, 4.69) is 10.4 Å². The van der Waals surface area contributed by atoms with Crippen molar-refractivity contribution in [2.75, 3.05) is 5.32 Å². The lowest BCUT2D eigenvalue weighted by Crippen LogP contribution is -2.23. The minimum atomic E-state index is -0.385. The summed E-state index contributed by atoms with van der Waals surface area (Å²) in [7, 11) is 0. The molecular formula is C30H23ClN4O4S. The first-order chi connectivity index (χ1) is 19.5. The van der Waals surface area contributed by atoms with E-state index in [1.807, 2.05) is 66.9 Å². The van der Waals surface area contributed by atoms with E-state index in [-0.39, 0.29) is 11.5 Å². The Balaban J connectivity index is 1.43. The average molecular weight is 571 g/mol. The number of benzene rings is 1. The molecule has 6 rings (SSSR count). The third-order valence-electron chi connectivity index (χ3n) is 6.39. The topological polar surface area (TPSA) is 95.2 Å². The molecule has 6 aromatic rings. The van der Waals surface area contributed by atoms with Crippen molar-refractivity contribution in [3.8, 4) is 22.4 Å². The van der Waals surface area contributed by atoms with Gasteiger partial charge in [-0.3, -0.25) is 9.59 Å². The predicted octanol–water partition coefficient (Wildman–Crippen LogP) is 6.82. The van der Waals surface area contributed by atoms with Crippen molar-refractivity contribution in [1.82, 2.24) is 14.3 Å². The van der Waals surface area contributed by atoms with Crippen molar-refractivity contribution in [3.63, 3.8) is 0 Å². The largest absolute Gasteiger partial charge is 0.472 e. The minimum Gasteiger partial charge on any atom is -0.472 e. The van der Waals surface area contributed by atoms with Crippen LogP contribution in [0.4, 0.5) is 5.82 Å². The van der Waals surface area contributed by atoms with E-state index in [9.17, 15) is 9.59 Å². The van der Waals surface area contributed by atoms with Gasteiger partial charge in [0.15, 0.2) is 0 Å². The zero-order valence-electron chi connectivity index (χ0n) is 21.1. The third kappa shape index (κ3) is 5.42. The van der Waals surface area contributed by atoms with E-state index in [4.69, 9.17) is 20.4 Å². The van der Waals surface area contributed by atoms with Crippen molar-refractivity contribution in [2.24, 2.45) is 0 Å². The number of anilines is 1. The number of hydrogen-bond donors (Lipinski definition) is 1. The van der Waals surface area contributed by atoms with Crippen LogP contribution in [0, 0.1) is 0 Å². The summed E-state index contributed by atoms with van der Waals surface area (Å²) in [5.41, 5.74) is 2.68. The van der Waals surface area contributed by atoms with Gasteiger partial charge in [0.1, 0.15) is 23.5 Å². The Bertz CT molecular complexity index is 1800. The number of furan rings is 2. The normalized spacial score (nSPS) is 11.1. The maximum Gasteiger partial charge on any atom is 0.283 e. The third-order valence-corrected chi connectivity index (χ3v) is 7.62. The van der Waals surface area contributed by atoms with E-state index in [0.29, 0.717) is 46.5 Å². The lowest BCUT2D eigenvalue weighted by atomic mass is 10.0. The summed E-state index contributed by atoms with van der Waals surface area (Å²) < 4.78 is 14.2. The summed E-state index contributed by atoms with van der Waals surface area (Å²) >= 11 is 7.54. The molecule has 0 aliphatic carbocycles. The molecule has 0 unspecified atom stereocenters. The molecule has 0 amide bonds. The van der Waals surface area contributed by atoms with Gasteiger partial charge < -0.3 is 18.7 Å². The van der Waals surface area contributed by atoms with Gasteiger partial charge in [-0.15, -0.1) is 11.3 Å². The van der Waals surface area contributed by atoms with Gasteiger partial charge in [-0.05, 0) is 47.5 Å². The number of nitrogens with one attached hydrogen (secondary N) is 1. The molecular weight excluding hydrogens is 548 g/mol. The maximum absolute atomic E-state index is 13.8. The van der Waals surface area contributed by atoms with Crippen LogP contribution in [0.2, 0.25) is 4.34 Å². The highest BCUT2D eigenvalue weighted by atomic mass is 35.5. The van der Waals surface area contributed by atoms with Crippen LogP contribution in [-0.2, 0) is 19.5 Å². The molecule has 0 bridgehead atoms. The van der Waals surface area contributed by atoms with Gasteiger partial charge in [0.25, 0.3) is 11.5 Å². The standard InChI is InChI=1S/C30H23ClN4O4S/c31-27-9-8-24(40-27)17-32-28-16-26(33-35(28)29(36)21-11-14-38-19-21)25-15-22(20-5-2-1-3-6-20)18-34(30(25)37)12-10-23-7-4-13-39-23/h1-9,11,13-16,18-19,32H,10,12,17H2. The molecule has 0 fully saturated rings. The number of aryl methyl sites for hydroxylation is 2. The summed E-state index contributed by atoms with van der Waals surface area (Å²) in [6.07, 6.45) is 6.81. The fourth-order valence-corrected chi connectivity index (χ4v) is 5.41. The highest BCUT2D eigenvalue weighted by molar-refractivity contribution is 7.16. The van der Waals surface area contributed by atoms with Gasteiger partial charge in [-0.25, -0.2) is 0 Å². The van der Waals surface area contributed by atoms with Crippen LogP contribution in [0.5, 0.6) is 0 Å². The van der Waals surface area contributed by atoms with E-state index in [0.717, 1.165) is 21.8 Å². The number of thiophene rings is 1. The van der Waals surface area contributed by atoms with Crippen LogP contribution in [0.25, 0.3) is 22.4 Å². The van der Waals surface area contributed by atoms with Gasteiger partial charge in [-0.1, -0.05) is 41.9 Å². The summed E-state index contributed by atoms with van der Waals surface area (Å²) in [5.74, 6) is 0.843. The number of halogens is 1. The van der Waals surface area contributed by atoms with Gasteiger partial charge in [0, 0.05) is 30.1 Å². The Kier molecular flexibility index (Phi) is 7.22. The van der Waals surface area contributed by atoms with Crippen LogP contribution in [0.15, 0.2) is 111 Å². The average Bonchev–Trinajstić information content (AvgIpc) is 3.79. The molecule has 0 radical (unpaired) electrons. The molecule has 10 heteroatoms. The predicted molar refractivity (Wildman–Crippen MR) is 155 cm³/mol. The first kappa shape index (κ1) is 25.7. The number of carbonyl (C=O) groups excluding carboxylic acids is 1. The highest BCUT2D eigenvalue weighted by Gasteiger charge is 2.21. The van der Waals surface area contributed by atoms with Crippen LogP contribution in [0.1, 0.15) is 21.0 Å². The molecule has 0 atom stereocenters. The number of aromatic nitrogens is 3. The van der Waals surface area contributed by atoms with Gasteiger partial charge in [-0.2, -0.15) is 9.78 Å². The van der Waals surface area contributed by atoms with Crippen molar-refractivity contribution >= 4 is 34.7 Å².